The highest BCUT2D eigenvalue weighted by Crippen LogP contribution is 2.23. The van der Waals surface area contributed by atoms with Crippen LogP contribution in [0.25, 0.3) is 10.9 Å². The molecule has 2 aromatic heterocycles. The maximum atomic E-state index is 5.70. The van der Waals surface area contributed by atoms with Gasteiger partial charge in [0.15, 0.2) is 0 Å². The Kier molecular flexibility index (Phi) is 2.98. The van der Waals surface area contributed by atoms with Crippen LogP contribution >= 0.6 is 0 Å². The monoisotopic (exact) mass is 253 g/mol. The van der Waals surface area contributed by atoms with Crippen molar-refractivity contribution in [1.82, 2.24) is 20.0 Å². The third-order valence-corrected chi connectivity index (χ3v) is 3.28. The van der Waals surface area contributed by atoms with Gasteiger partial charge >= 0.3 is 0 Å². The van der Waals surface area contributed by atoms with Gasteiger partial charge in [-0.05, 0) is 17.7 Å². The number of pyridine rings is 1. The zero-order valence-electron chi connectivity index (χ0n) is 10.6. The fourth-order valence-corrected chi connectivity index (χ4v) is 2.26. The largest absolute Gasteiger partial charge is 0.336 e. The van der Waals surface area contributed by atoms with Crippen LogP contribution in [-0.2, 0) is 7.05 Å². The summed E-state index contributed by atoms with van der Waals surface area (Å²) >= 11 is 0. The van der Waals surface area contributed by atoms with Crippen LogP contribution in [0.15, 0.2) is 49.1 Å². The van der Waals surface area contributed by atoms with Crippen molar-refractivity contribution in [3.63, 3.8) is 0 Å². The first kappa shape index (κ1) is 11.8. The van der Waals surface area contributed by atoms with Crippen molar-refractivity contribution < 1.29 is 0 Å². The van der Waals surface area contributed by atoms with Crippen molar-refractivity contribution in [2.24, 2.45) is 12.9 Å². The number of aryl methyl sites for hydroxylation is 1. The van der Waals surface area contributed by atoms with E-state index in [0.717, 1.165) is 22.2 Å². The number of rotatable bonds is 3. The quantitative estimate of drug-likeness (QED) is 0.548. The highest BCUT2D eigenvalue weighted by atomic mass is 15.2. The number of imidazole rings is 1. The fourth-order valence-electron chi connectivity index (χ4n) is 2.26. The molecule has 0 radical (unpaired) electrons. The Bertz CT molecular complexity index is 704. The van der Waals surface area contributed by atoms with Crippen LogP contribution in [0, 0.1) is 0 Å². The molecule has 0 spiro atoms. The second kappa shape index (κ2) is 4.79. The Hall–Kier alpha value is -2.24. The minimum atomic E-state index is -0.0982. The summed E-state index contributed by atoms with van der Waals surface area (Å²) < 4.78 is 1.95. The SMILES string of the molecule is Cn1cncc1C(NN)c1ccc2cccnc2c1. The van der Waals surface area contributed by atoms with E-state index in [0.29, 0.717) is 0 Å². The van der Waals surface area contributed by atoms with Crippen LogP contribution < -0.4 is 11.3 Å². The predicted molar refractivity (Wildman–Crippen MR) is 74.1 cm³/mol. The van der Waals surface area contributed by atoms with Crippen LogP contribution in [-0.4, -0.2) is 14.5 Å². The molecule has 1 atom stereocenters. The van der Waals surface area contributed by atoms with Crippen molar-refractivity contribution in [3.05, 3.63) is 60.3 Å². The number of hydrogen-bond donors (Lipinski definition) is 2. The molecular formula is C14H15N5. The molecule has 5 heteroatoms. The number of fused-ring (bicyclic) bond motifs is 1. The normalized spacial score (nSPS) is 12.7. The lowest BCUT2D eigenvalue weighted by Gasteiger charge is -2.17. The lowest BCUT2D eigenvalue weighted by atomic mass is 10.0. The first-order valence-electron chi connectivity index (χ1n) is 6.06. The molecule has 0 amide bonds. The molecule has 0 saturated heterocycles. The van der Waals surface area contributed by atoms with E-state index in [4.69, 9.17) is 5.84 Å². The smallest absolute Gasteiger partial charge is 0.0946 e. The first-order chi connectivity index (χ1) is 9.29. The number of nitrogens with one attached hydrogen (secondary N) is 1. The Morgan fingerprint density at radius 2 is 2.21 bits per heavy atom. The third kappa shape index (κ3) is 2.09. The van der Waals surface area contributed by atoms with E-state index in [2.05, 4.69) is 27.5 Å². The highest BCUT2D eigenvalue weighted by Gasteiger charge is 2.16. The maximum absolute atomic E-state index is 5.70. The zero-order chi connectivity index (χ0) is 13.2. The van der Waals surface area contributed by atoms with E-state index in [-0.39, 0.29) is 6.04 Å². The Balaban J connectivity index is 2.09. The summed E-state index contributed by atoms with van der Waals surface area (Å²) in [6.45, 7) is 0. The number of benzene rings is 1. The maximum Gasteiger partial charge on any atom is 0.0946 e. The second-order valence-electron chi connectivity index (χ2n) is 4.48. The molecule has 5 nitrogen and oxygen atoms in total. The minimum Gasteiger partial charge on any atom is -0.336 e. The summed E-state index contributed by atoms with van der Waals surface area (Å²) in [5.41, 5.74) is 5.88. The topological polar surface area (TPSA) is 68.8 Å². The van der Waals surface area contributed by atoms with Crippen LogP contribution in [0.3, 0.4) is 0 Å². The molecule has 0 aliphatic heterocycles. The predicted octanol–water partition coefficient (Wildman–Crippen LogP) is 1.52. The molecule has 2 heterocycles. The number of hydrogen-bond acceptors (Lipinski definition) is 4. The van der Waals surface area contributed by atoms with Gasteiger partial charge in [0.05, 0.1) is 29.8 Å². The summed E-state index contributed by atoms with van der Waals surface area (Å²) in [6.07, 6.45) is 5.37. The number of nitrogens with two attached hydrogens (primary N) is 1. The standard InChI is InChI=1S/C14H15N5/c1-19-9-16-8-13(19)14(18-15)11-5-4-10-3-2-6-17-12(10)7-11/h2-9,14,18H,15H2,1H3. The molecule has 3 N–H and O–H groups in total. The van der Waals surface area contributed by atoms with E-state index in [1.165, 1.54) is 0 Å². The van der Waals surface area contributed by atoms with E-state index in [9.17, 15) is 0 Å². The number of aromatic nitrogens is 3. The molecule has 1 aromatic carbocycles. The average molecular weight is 253 g/mol. The summed E-state index contributed by atoms with van der Waals surface area (Å²) in [5, 5.41) is 1.12. The number of hydrazine groups is 1. The molecule has 0 bridgehead atoms. The van der Waals surface area contributed by atoms with Crippen LogP contribution in [0.2, 0.25) is 0 Å². The molecule has 3 aromatic rings. The van der Waals surface area contributed by atoms with Gasteiger partial charge in [0, 0.05) is 18.6 Å². The summed E-state index contributed by atoms with van der Waals surface area (Å²) in [5.74, 6) is 5.70. The summed E-state index contributed by atoms with van der Waals surface area (Å²) in [7, 11) is 1.95. The summed E-state index contributed by atoms with van der Waals surface area (Å²) in [6, 6.07) is 10.0. The van der Waals surface area contributed by atoms with Crippen molar-refractivity contribution in [3.8, 4) is 0 Å². The third-order valence-electron chi connectivity index (χ3n) is 3.28. The van der Waals surface area contributed by atoms with Gasteiger partial charge in [-0.1, -0.05) is 18.2 Å². The van der Waals surface area contributed by atoms with E-state index < -0.39 is 0 Å². The van der Waals surface area contributed by atoms with Gasteiger partial charge in [-0.25, -0.2) is 10.4 Å². The fraction of sp³-hybridized carbons (Fsp3) is 0.143. The van der Waals surface area contributed by atoms with Crippen LogP contribution in [0.4, 0.5) is 0 Å². The van der Waals surface area contributed by atoms with Gasteiger partial charge in [0.2, 0.25) is 0 Å². The lowest BCUT2D eigenvalue weighted by Crippen LogP contribution is -2.30. The van der Waals surface area contributed by atoms with Gasteiger partial charge in [-0.3, -0.25) is 10.8 Å². The molecule has 0 aliphatic carbocycles. The van der Waals surface area contributed by atoms with Crippen molar-refractivity contribution in [1.29, 1.82) is 0 Å². The zero-order valence-corrected chi connectivity index (χ0v) is 10.6. The molecule has 19 heavy (non-hydrogen) atoms. The van der Waals surface area contributed by atoms with Gasteiger partial charge < -0.3 is 4.57 Å². The van der Waals surface area contributed by atoms with Gasteiger partial charge in [-0.15, -0.1) is 0 Å². The molecular weight excluding hydrogens is 238 g/mol. The first-order valence-corrected chi connectivity index (χ1v) is 6.06. The molecule has 3 rings (SSSR count). The Morgan fingerprint density at radius 1 is 1.32 bits per heavy atom. The molecule has 1 unspecified atom stereocenters. The molecule has 0 aliphatic rings. The van der Waals surface area contributed by atoms with Crippen molar-refractivity contribution in [2.45, 2.75) is 6.04 Å². The van der Waals surface area contributed by atoms with Crippen molar-refractivity contribution in [2.75, 3.05) is 0 Å². The van der Waals surface area contributed by atoms with Crippen molar-refractivity contribution >= 4 is 10.9 Å². The van der Waals surface area contributed by atoms with E-state index in [1.807, 2.05) is 36.0 Å². The highest BCUT2D eigenvalue weighted by molar-refractivity contribution is 5.79. The van der Waals surface area contributed by atoms with Crippen LogP contribution in [0.1, 0.15) is 17.3 Å². The molecule has 0 fully saturated rings. The lowest BCUT2D eigenvalue weighted by molar-refractivity contribution is 0.597. The van der Waals surface area contributed by atoms with Gasteiger partial charge in [0.25, 0.3) is 0 Å². The van der Waals surface area contributed by atoms with Gasteiger partial charge in [0.1, 0.15) is 0 Å². The average Bonchev–Trinajstić information content (AvgIpc) is 2.86. The van der Waals surface area contributed by atoms with E-state index >= 15 is 0 Å². The Morgan fingerprint density at radius 3 is 2.95 bits per heavy atom. The van der Waals surface area contributed by atoms with E-state index in [1.54, 1.807) is 12.5 Å². The number of nitrogens with zero attached hydrogens (tertiary/aromatic N) is 3. The Labute approximate surface area is 111 Å². The summed E-state index contributed by atoms with van der Waals surface area (Å²) in [4.78, 5) is 8.50. The second-order valence-corrected chi connectivity index (χ2v) is 4.48. The van der Waals surface area contributed by atoms with Crippen LogP contribution in [0.5, 0.6) is 0 Å². The minimum absolute atomic E-state index is 0.0982. The molecule has 0 saturated carbocycles. The van der Waals surface area contributed by atoms with Gasteiger partial charge in [-0.2, -0.15) is 0 Å². The molecule has 96 valence electrons.